The molecule has 2 rings (SSSR count). The molecule has 0 saturated carbocycles. The van der Waals surface area contributed by atoms with Crippen molar-refractivity contribution in [1.82, 2.24) is 5.32 Å². The van der Waals surface area contributed by atoms with Crippen molar-refractivity contribution in [2.24, 2.45) is 0 Å². The summed E-state index contributed by atoms with van der Waals surface area (Å²) in [7, 11) is 0. The third kappa shape index (κ3) is 5.52. The molecule has 1 atom stereocenters. The summed E-state index contributed by atoms with van der Waals surface area (Å²) in [5, 5.41) is 10.4. The number of aliphatic carboxylic acids is 1. The smallest absolute Gasteiger partial charge is 0.480 e. The molecule has 26 heavy (non-hydrogen) atoms. The van der Waals surface area contributed by atoms with Gasteiger partial charge >= 0.3 is 17.1 Å². The molecule has 1 aromatic carbocycles. The average Bonchev–Trinajstić information content (AvgIpc) is 2.97. The molecule has 1 amide bonds. The van der Waals surface area contributed by atoms with Crippen LogP contribution in [-0.2, 0) is 20.9 Å². The number of hydrogen-bond donors (Lipinski definition) is 2. The first-order valence-corrected chi connectivity index (χ1v) is 8.33. The van der Waals surface area contributed by atoms with Crippen LogP contribution in [0, 0.1) is 0 Å². The lowest BCUT2D eigenvalue weighted by molar-refractivity contribution is -0.140. The highest BCUT2D eigenvalue weighted by Crippen LogP contribution is 2.23. The van der Waals surface area contributed by atoms with E-state index in [4.69, 9.17) is 18.7 Å². The lowest BCUT2D eigenvalue weighted by Crippen LogP contribution is -2.41. The second kappa shape index (κ2) is 8.90. The summed E-state index contributed by atoms with van der Waals surface area (Å²) in [4.78, 5) is 45.0. The second-order valence-electron chi connectivity index (χ2n) is 5.01. The molecule has 0 spiro atoms. The van der Waals surface area contributed by atoms with Crippen molar-refractivity contribution in [2.45, 2.75) is 19.6 Å². The van der Waals surface area contributed by atoms with Crippen molar-refractivity contribution in [3.63, 3.8) is 0 Å². The maximum Gasteiger partial charge on any atom is 0.519 e. The standard InChI is InChI=1S/C16H15NO8S/c1-9(18)17-11(14(19)20)8-26-16(22)23-7-12-13(25-15(21)24-12)10-5-3-2-4-6-10/h2-6,11H,7-8H2,1H3,(H,17,18)(H,19,20)/t11-/m0/s1. The fraction of sp³-hybridized carbons (Fsp3) is 0.250. The molecule has 0 aliphatic carbocycles. The monoisotopic (exact) mass is 381 g/mol. The van der Waals surface area contributed by atoms with Gasteiger partial charge < -0.3 is 24.0 Å². The summed E-state index contributed by atoms with van der Waals surface area (Å²) >= 11 is 0.575. The van der Waals surface area contributed by atoms with E-state index in [0.717, 1.165) is 0 Å². The Morgan fingerprint density at radius 2 is 1.92 bits per heavy atom. The molecule has 2 N–H and O–H groups in total. The number of benzene rings is 1. The molecule has 0 saturated heterocycles. The third-order valence-corrected chi connectivity index (χ3v) is 3.90. The molecule has 138 valence electrons. The second-order valence-corrected chi connectivity index (χ2v) is 5.97. The molecule has 1 heterocycles. The van der Waals surface area contributed by atoms with Gasteiger partial charge in [-0.1, -0.05) is 30.3 Å². The maximum atomic E-state index is 11.8. The van der Waals surface area contributed by atoms with Gasteiger partial charge in [0.25, 0.3) is 0 Å². The van der Waals surface area contributed by atoms with Crippen LogP contribution in [0.2, 0.25) is 0 Å². The van der Waals surface area contributed by atoms with Gasteiger partial charge in [-0.15, -0.1) is 0 Å². The minimum Gasteiger partial charge on any atom is -0.480 e. The Morgan fingerprint density at radius 1 is 1.23 bits per heavy atom. The van der Waals surface area contributed by atoms with E-state index >= 15 is 0 Å². The molecule has 0 unspecified atom stereocenters. The van der Waals surface area contributed by atoms with Crippen LogP contribution in [-0.4, -0.2) is 34.1 Å². The molecule has 0 radical (unpaired) electrons. The van der Waals surface area contributed by atoms with E-state index in [0.29, 0.717) is 17.3 Å². The summed E-state index contributed by atoms with van der Waals surface area (Å²) < 4.78 is 14.8. The van der Waals surface area contributed by atoms with E-state index in [9.17, 15) is 19.2 Å². The minimum absolute atomic E-state index is 0.0341. The number of hydrogen-bond acceptors (Lipinski definition) is 8. The van der Waals surface area contributed by atoms with E-state index in [1.807, 2.05) is 0 Å². The first-order valence-electron chi connectivity index (χ1n) is 7.34. The molecule has 0 aliphatic heterocycles. The molecule has 9 nitrogen and oxygen atoms in total. The van der Waals surface area contributed by atoms with Gasteiger partial charge in [-0.25, -0.2) is 14.4 Å². The summed E-state index contributed by atoms with van der Waals surface area (Å²) in [6.07, 6.45) is 0. The Morgan fingerprint density at radius 3 is 2.54 bits per heavy atom. The Hall–Kier alpha value is -3.01. The number of nitrogens with one attached hydrogen (secondary N) is 1. The number of carbonyl (C=O) groups is 3. The van der Waals surface area contributed by atoms with Crippen molar-refractivity contribution < 1.29 is 33.1 Å². The quantitative estimate of drug-likeness (QED) is 0.689. The molecule has 0 bridgehead atoms. The van der Waals surface area contributed by atoms with Gasteiger partial charge in [0.1, 0.15) is 6.04 Å². The zero-order valence-electron chi connectivity index (χ0n) is 13.6. The number of amides is 1. The van der Waals surface area contributed by atoms with E-state index in [2.05, 4.69) is 5.32 Å². The number of carboxylic acids is 1. The van der Waals surface area contributed by atoms with Crippen molar-refractivity contribution in [3.8, 4) is 11.3 Å². The van der Waals surface area contributed by atoms with Crippen LogP contribution in [0.15, 0.2) is 44.0 Å². The van der Waals surface area contributed by atoms with Crippen molar-refractivity contribution in [3.05, 3.63) is 46.7 Å². The van der Waals surface area contributed by atoms with Gasteiger partial charge in [0.15, 0.2) is 18.1 Å². The molecule has 10 heteroatoms. The zero-order chi connectivity index (χ0) is 19.1. The van der Waals surface area contributed by atoms with E-state index in [1.54, 1.807) is 30.3 Å². The molecule has 0 fully saturated rings. The maximum absolute atomic E-state index is 11.8. The first-order chi connectivity index (χ1) is 12.4. The highest BCUT2D eigenvalue weighted by molar-refractivity contribution is 8.13. The largest absolute Gasteiger partial charge is 0.519 e. The average molecular weight is 381 g/mol. The van der Waals surface area contributed by atoms with Crippen LogP contribution in [0.3, 0.4) is 0 Å². The minimum atomic E-state index is -1.27. The highest BCUT2D eigenvalue weighted by Gasteiger charge is 2.22. The SMILES string of the molecule is CC(=O)N[C@@H](CSC(=O)OCc1oc(=O)oc1-c1ccccc1)C(=O)O. The predicted molar refractivity (Wildman–Crippen MR) is 90.6 cm³/mol. The molecular formula is C16H15NO8S. The summed E-state index contributed by atoms with van der Waals surface area (Å²) in [6.45, 7) is 0.810. The molecular weight excluding hydrogens is 366 g/mol. The Balaban J connectivity index is 1.95. The number of carboxylic acid groups (broad SMARTS) is 1. The number of ether oxygens (including phenoxy) is 1. The predicted octanol–water partition coefficient (Wildman–Crippen LogP) is 1.86. The first kappa shape index (κ1) is 19.3. The highest BCUT2D eigenvalue weighted by atomic mass is 32.2. The van der Waals surface area contributed by atoms with Crippen LogP contribution in [0.1, 0.15) is 12.7 Å². The Kier molecular flexibility index (Phi) is 6.61. The molecule has 1 aromatic heterocycles. The topological polar surface area (TPSA) is 136 Å². The Bertz CT molecular complexity index is 841. The fourth-order valence-corrected chi connectivity index (χ4v) is 2.62. The van der Waals surface area contributed by atoms with Crippen molar-refractivity contribution >= 4 is 28.9 Å². The van der Waals surface area contributed by atoms with Gasteiger partial charge in [-0.3, -0.25) is 4.79 Å². The normalized spacial score (nSPS) is 11.6. The lowest BCUT2D eigenvalue weighted by atomic mass is 10.1. The van der Waals surface area contributed by atoms with E-state index in [1.165, 1.54) is 6.92 Å². The number of rotatable bonds is 7. The molecule has 2 aromatic rings. The fourth-order valence-electron chi connectivity index (χ4n) is 1.95. The summed E-state index contributed by atoms with van der Waals surface area (Å²) in [6, 6.07) is 7.42. The van der Waals surface area contributed by atoms with Gasteiger partial charge in [0.2, 0.25) is 5.91 Å². The summed E-state index contributed by atoms with van der Waals surface area (Å²) in [5.41, 5.74) is 0.577. The van der Waals surface area contributed by atoms with E-state index < -0.39 is 29.0 Å². The van der Waals surface area contributed by atoms with Crippen LogP contribution in [0.4, 0.5) is 4.79 Å². The number of thioether (sulfide) groups is 1. The van der Waals surface area contributed by atoms with Crippen molar-refractivity contribution in [1.29, 1.82) is 0 Å². The van der Waals surface area contributed by atoms with Gasteiger partial charge in [0.05, 0.1) is 0 Å². The van der Waals surface area contributed by atoms with Crippen LogP contribution in [0.25, 0.3) is 11.3 Å². The molecule has 0 aliphatic rings. The van der Waals surface area contributed by atoms with E-state index in [-0.39, 0.29) is 23.9 Å². The third-order valence-electron chi connectivity index (χ3n) is 3.05. The van der Waals surface area contributed by atoms with Crippen molar-refractivity contribution in [2.75, 3.05) is 5.75 Å². The van der Waals surface area contributed by atoms with Crippen LogP contribution < -0.4 is 11.1 Å². The van der Waals surface area contributed by atoms with Gasteiger partial charge in [0, 0.05) is 18.2 Å². The summed E-state index contributed by atoms with van der Waals surface area (Å²) in [5.74, 6) is -2.76. The van der Waals surface area contributed by atoms with Gasteiger partial charge in [-0.05, 0) is 11.8 Å². The Labute approximate surface area is 151 Å². The van der Waals surface area contributed by atoms with Gasteiger partial charge in [-0.2, -0.15) is 0 Å². The van der Waals surface area contributed by atoms with Crippen LogP contribution in [0.5, 0.6) is 0 Å². The van der Waals surface area contributed by atoms with Crippen LogP contribution >= 0.6 is 11.8 Å². The lowest BCUT2D eigenvalue weighted by Gasteiger charge is -2.11. The zero-order valence-corrected chi connectivity index (χ0v) is 14.4. The number of carbonyl (C=O) groups excluding carboxylic acids is 2.